The van der Waals surface area contributed by atoms with E-state index in [-0.39, 0.29) is 24.4 Å². The predicted octanol–water partition coefficient (Wildman–Crippen LogP) is 0.572. The summed E-state index contributed by atoms with van der Waals surface area (Å²) in [7, 11) is 0. The Balaban J connectivity index is 1.77. The number of anilines is 1. The van der Waals surface area contributed by atoms with E-state index in [1.807, 2.05) is 0 Å². The first-order chi connectivity index (χ1) is 10.5. The van der Waals surface area contributed by atoms with Crippen molar-refractivity contribution in [3.05, 3.63) is 29.8 Å². The number of carboxylic acids is 1. The molecule has 0 saturated carbocycles. The summed E-state index contributed by atoms with van der Waals surface area (Å²) < 4.78 is 0. The minimum atomic E-state index is -1.06. The summed E-state index contributed by atoms with van der Waals surface area (Å²) in [6, 6.07) is 5.13. The van der Waals surface area contributed by atoms with Gasteiger partial charge in [-0.05, 0) is 37.0 Å². The number of carbonyl (C=O) groups is 3. The molecule has 7 nitrogen and oxygen atoms in total. The number of nitrogens with zero attached hydrogens (tertiary/aromatic N) is 2. The molecule has 2 heterocycles. The van der Waals surface area contributed by atoms with Crippen molar-refractivity contribution in [3.63, 3.8) is 0 Å². The van der Waals surface area contributed by atoms with Crippen molar-refractivity contribution in [1.82, 2.24) is 4.90 Å². The number of fused-ring (bicyclic) bond motifs is 1. The lowest BCUT2D eigenvalue weighted by Gasteiger charge is -2.16. The zero-order valence-corrected chi connectivity index (χ0v) is 11.9. The number of amides is 3. The fraction of sp³-hybridized carbons (Fsp3) is 0.400. The Labute approximate surface area is 127 Å². The zero-order chi connectivity index (χ0) is 15.9. The normalized spacial score (nSPS) is 22.1. The number of nitrogens with two attached hydrogens (primary N) is 1. The van der Waals surface area contributed by atoms with E-state index in [0.717, 1.165) is 12.0 Å². The number of carbonyl (C=O) groups excluding carboxylic acids is 2. The van der Waals surface area contributed by atoms with Gasteiger partial charge in [0.25, 0.3) is 5.91 Å². The van der Waals surface area contributed by atoms with Crippen molar-refractivity contribution in [2.45, 2.75) is 31.3 Å². The third kappa shape index (κ3) is 2.33. The monoisotopic (exact) mass is 303 g/mol. The molecule has 0 aromatic heterocycles. The number of urea groups is 1. The molecule has 7 heteroatoms. The van der Waals surface area contributed by atoms with E-state index in [1.54, 1.807) is 29.2 Å². The van der Waals surface area contributed by atoms with Crippen molar-refractivity contribution in [2.24, 2.45) is 5.73 Å². The maximum absolute atomic E-state index is 12.3. The Morgan fingerprint density at radius 1 is 1.32 bits per heavy atom. The van der Waals surface area contributed by atoms with Gasteiger partial charge in [-0.3, -0.25) is 9.59 Å². The van der Waals surface area contributed by atoms with Crippen LogP contribution in [0.2, 0.25) is 0 Å². The first-order valence-corrected chi connectivity index (χ1v) is 7.21. The minimum Gasteiger partial charge on any atom is -0.480 e. The van der Waals surface area contributed by atoms with Crippen LogP contribution in [0.3, 0.4) is 0 Å². The van der Waals surface area contributed by atoms with Crippen LogP contribution in [0.1, 0.15) is 18.4 Å². The van der Waals surface area contributed by atoms with Crippen LogP contribution in [0.25, 0.3) is 0 Å². The fourth-order valence-corrected chi connectivity index (χ4v) is 2.98. The number of imide groups is 1. The van der Waals surface area contributed by atoms with Gasteiger partial charge in [0.1, 0.15) is 12.1 Å². The van der Waals surface area contributed by atoms with Gasteiger partial charge in [-0.2, -0.15) is 0 Å². The predicted molar refractivity (Wildman–Crippen MR) is 78.4 cm³/mol. The highest BCUT2D eigenvalue weighted by molar-refractivity contribution is 6.21. The van der Waals surface area contributed by atoms with E-state index in [0.29, 0.717) is 18.7 Å². The molecule has 0 aliphatic carbocycles. The minimum absolute atomic E-state index is 0.183. The molecule has 2 atom stereocenters. The summed E-state index contributed by atoms with van der Waals surface area (Å²) in [6.45, 7) is 0.622. The molecule has 0 unspecified atom stereocenters. The summed E-state index contributed by atoms with van der Waals surface area (Å²) in [5.74, 6) is -1.24. The topological polar surface area (TPSA) is 104 Å². The van der Waals surface area contributed by atoms with Gasteiger partial charge in [0.2, 0.25) is 0 Å². The Morgan fingerprint density at radius 2 is 2.00 bits per heavy atom. The molecule has 2 fully saturated rings. The van der Waals surface area contributed by atoms with Gasteiger partial charge >= 0.3 is 12.0 Å². The van der Waals surface area contributed by atoms with Crippen LogP contribution in [0, 0.1) is 0 Å². The van der Waals surface area contributed by atoms with Crippen molar-refractivity contribution in [1.29, 1.82) is 0 Å². The van der Waals surface area contributed by atoms with E-state index in [9.17, 15) is 14.4 Å². The van der Waals surface area contributed by atoms with E-state index in [2.05, 4.69) is 0 Å². The number of rotatable bonds is 4. The lowest BCUT2D eigenvalue weighted by molar-refractivity contribution is -0.138. The number of hydrogen-bond acceptors (Lipinski definition) is 4. The van der Waals surface area contributed by atoms with Gasteiger partial charge in [0.05, 0.1) is 5.69 Å². The van der Waals surface area contributed by atoms with Gasteiger partial charge in [-0.15, -0.1) is 0 Å². The van der Waals surface area contributed by atoms with E-state index in [1.165, 1.54) is 4.90 Å². The molecule has 0 bridgehead atoms. The molecule has 0 spiro atoms. The first-order valence-electron chi connectivity index (χ1n) is 7.21. The molecule has 1 aromatic rings. The molecule has 2 aliphatic rings. The maximum Gasteiger partial charge on any atom is 0.332 e. The van der Waals surface area contributed by atoms with E-state index in [4.69, 9.17) is 10.8 Å². The molecular formula is C15H17N3O4. The zero-order valence-electron chi connectivity index (χ0n) is 11.9. The summed E-state index contributed by atoms with van der Waals surface area (Å²) in [5, 5.41) is 8.80. The largest absolute Gasteiger partial charge is 0.480 e. The fourth-order valence-electron chi connectivity index (χ4n) is 2.98. The van der Waals surface area contributed by atoms with Crippen LogP contribution >= 0.6 is 0 Å². The number of aliphatic carboxylic acids is 1. The highest BCUT2D eigenvalue weighted by Crippen LogP contribution is 2.31. The third-order valence-corrected chi connectivity index (χ3v) is 4.16. The highest BCUT2D eigenvalue weighted by Gasteiger charge is 2.47. The van der Waals surface area contributed by atoms with Crippen LogP contribution in [0.5, 0.6) is 0 Å². The van der Waals surface area contributed by atoms with E-state index >= 15 is 0 Å². The van der Waals surface area contributed by atoms with Crippen molar-refractivity contribution in [3.8, 4) is 0 Å². The summed E-state index contributed by atoms with van der Waals surface area (Å²) in [4.78, 5) is 38.2. The van der Waals surface area contributed by atoms with Crippen LogP contribution < -0.4 is 10.6 Å². The second-order valence-corrected chi connectivity index (χ2v) is 5.62. The Morgan fingerprint density at radius 3 is 2.59 bits per heavy atom. The summed E-state index contributed by atoms with van der Waals surface area (Å²) in [5.41, 5.74) is 6.75. The quantitative estimate of drug-likeness (QED) is 0.791. The molecule has 3 amide bonds. The van der Waals surface area contributed by atoms with Crippen LogP contribution in [-0.2, 0) is 16.0 Å². The first kappa shape index (κ1) is 14.5. The summed E-state index contributed by atoms with van der Waals surface area (Å²) >= 11 is 0. The van der Waals surface area contributed by atoms with Crippen LogP contribution in [0.15, 0.2) is 24.3 Å². The number of benzene rings is 1. The molecule has 1 aromatic carbocycles. The Kier molecular flexibility index (Phi) is 3.58. The number of carboxylic acid groups (broad SMARTS) is 1. The molecular weight excluding hydrogens is 286 g/mol. The van der Waals surface area contributed by atoms with Gasteiger partial charge in [-0.1, -0.05) is 12.1 Å². The average molecular weight is 303 g/mol. The third-order valence-electron chi connectivity index (χ3n) is 4.16. The SMILES string of the molecule is N[C@@H](Cc1ccc(N2C(=O)[C@@H]3CCCN3C2=O)cc1)C(=O)O. The lowest BCUT2D eigenvalue weighted by atomic mass is 10.1. The smallest absolute Gasteiger partial charge is 0.332 e. The second-order valence-electron chi connectivity index (χ2n) is 5.62. The van der Waals surface area contributed by atoms with Crippen molar-refractivity contribution in [2.75, 3.05) is 11.4 Å². The standard InChI is InChI=1S/C15H17N3O4/c16-11(14(20)21)8-9-3-5-10(6-4-9)18-13(19)12-2-1-7-17(12)15(18)22/h3-6,11-12H,1-2,7-8,16H2,(H,20,21)/t11-,12-/m0/s1. The molecule has 3 rings (SSSR count). The molecule has 0 radical (unpaired) electrons. The van der Waals surface area contributed by atoms with Gasteiger partial charge in [0.15, 0.2) is 0 Å². The highest BCUT2D eigenvalue weighted by atomic mass is 16.4. The van der Waals surface area contributed by atoms with Crippen molar-refractivity contribution < 1.29 is 19.5 Å². The molecule has 3 N–H and O–H groups in total. The lowest BCUT2D eigenvalue weighted by Crippen LogP contribution is -2.33. The molecule has 116 valence electrons. The molecule has 22 heavy (non-hydrogen) atoms. The van der Waals surface area contributed by atoms with Gasteiger partial charge in [0, 0.05) is 6.54 Å². The summed E-state index contributed by atoms with van der Waals surface area (Å²) in [6.07, 6.45) is 1.78. The Hall–Kier alpha value is -2.41. The molecule has 2 saturated heterocycles. The average Bonchev–Trinajstić information content (AvgIpc) is 3.05. The second kappa shape index (κ2) is 5.42. The van der Waals surface area contributed by atoms with Gasteiger partial charge < -0.3 is 15.7 Å². The Bertz CT molecular complexity index is 606. The van der Waals surface area contributed by atoms with Crippen LogP contribution in [-0.4, -0.2) is 46.5 Å². The molecule has 2 aliphatic heterocycles. The van der Waals surface area contributed by atoms with Crippen molar-refractivity contribution >= 4 is 23.6 Å². The van der Waals surface area contributed by atoms with Gasteiger partial charge in [-0.25, -0.2) is 9.69 Å². The van der Waals surface area contributed by atoms with Crippen LogP contribution in [0.4, 0.5) is 10.5 Å². The maximum atomic E-state index is 12.3. The number of hydrogen-bond donors (Lipinski definition) is 2. The van der Waals surface area contributed by atoms with E-state index < -0.39 is 12.0 Å².